The number of hydrogen-bond acceptors (Lipinski definition) is 4. The van der Waals surface area contributed by atoms with Crippen LogP contribution in [0.25, 0.3) is 0 Å². The lowest BCUT2D eigenvalue weighted by Crippen LogP contribution is -2.30. The molecule has 0 atom stereocenters. The average molecular weight is 688 g/mol. The number of hydrogen-bond donors (Lipinski definition) is 0. The molecule has 0 bridgehead atoms. The Morgan fingerprint density at radius 3 is 2.00 bits per heavy atom. The molecular weight excluding hydrogens is 628 g/mol. The van der Waals surface area contributed by atoms with Crippen LogP contribution in [0, 0.1) is 0 Å². The molecule has 1 aliphatic rings. The summed E-state index contributed by atoms with van der Waals surface area (Å²) in [5.41, 5.74) is 4.69. The van der Waals surface area contributed by atoms with Gasteiger partial charge < -0.3 is 14.5 Å². The van der Waals surface area contributed by atoms with Crippen LogP contribution in [0.1, 0.15) is 128 Å². The van der Waals surface area contributed by atoms with Crippen LogP contribution in [0.5, 0.6) is 5.75 Å². The monoisotopic (exact) mass is 686 g/mol. The van der Waals surface area contributed by atoms with E-state index in [9.17, 15) is 4.79 Å². The minimum absolute atomic E-state index is 0. The normalized spacial score (nSPS) is 12.8. The van der Waals surface area contributed by atoms with Crippen LogP contribution in [-0.4, -0.2) is 29.8 Å². The van der Waals surface area contributed by atoms with E-state index in [2.05, 4.69) is 86.7 Å². The quantitative estimate of drug-likeness (QED) is 0.130. The molecule has 44 heavy (non-hydrogen) atoms. The predicted octanol–water partition coefficient (Wildman–Crippen LogP) is 11.2. The van der Waals surface area contributed by atoms with Gasteiger partial charge in [-0.25, -0.2) is 0 Å². The van der Waals surface area contributed by atoms with Crippen molar-refractivity contribution in [1.82, 2.24) is 4.90 Å². The van der Waals surface area contributed by atoms with Gasteiger partial charge in [0.15, 0.2) is 0 Å². The molecule has 2 aromatic rings. The summed E-state index contributed by atoms with van der Waals surface area (Å²) in [5, 5.41) is 2.13. The molecule has 0 unspecified atom stereocenters. The minimum atomic E-state index is 0. The summed E-state index contributed by atoms with van der Waals surface area (Å²) in [4.78, 5) is 16.8. The standard InChI is InChI=1S/C38H58N2O2S.BrH/c1-6-7-8-9-10-11-12-13-14-15-16-17-27-42-37-29-33(20-23-36(37)38(3,4)5)24-25-40(32(2)41)35-21-18-34(19-22-35)30-39-26-28-43-31-39;/h18-23,26,28-29H,6-17,24-25,27,30-31H2,1-5H3;1H. The molecule has 1 heterocycles. The van der Waals surface area contributed by atoms with E-state index in [1.165, 1.54) is 87.3 Å². The number of ether oxygens (including phenoxy) is 1. The predicted molar refractivity (Wildman–Crippen MR) is 197 cm³/mol. The number of rotatable bonds is 20. The van der Waals surface area contributed by atoms with Gasteiger partial charge in [0, 0.05) is 31.9 Å². The molecule has 1 amide bonds. The van der Waals surface area contributed by atoms with Gasteiger partial charge in [-0.1, -0.05) is 123 Å². The van der Waals surface area contributed by atoms with Crippen LogP contribution in [0.3, 0.4) is 0 Å². The molecule has 0 aliphatic carbocycles. The molecule has 0 fully saturated rings. The number of halogens is 1. The number of benzene rings is 2. The summed E-state index contributed by atoms with van der Waals surface area (Å²) in [6.07, 6.45) is 19.1. The summed E-state index contributed by atoms with van der Waals surface area (Å²) in [6, 6.07) is 15.1. The van der Waals surface area contributed by atoms with Gasteiger partial charge in [0.05, 0.1) is 12.5 Å². The summed E-state index contributed by atoms with van der Waals surface area (Å²) >= 11 is 1.82. The van der Waals surface area contributed by atoms with Crippen LogP contribution in [0.2, 0.25) is 0 Å². The van der Waals surface area contributed by atoms with Gasteiger partial charge in [0.2, 0.25) is 5.91 Å². The minimum Gasteiger partial charge on any atom is -0.493 e. The molecule has 0 aromatic heterocycles. The van der Waals surface area contributed by atoms with Crippen molar-refractivity contribution in [1.29, 1.82) is 0 Å². The van der Waals surface area contributed by atoms with Gasteiger partial charge in [-0.3, -0.25) is 4.79 Å². The van der Waals surface area contributed by atoms with Gasteiger partial charge >= 0.3 is 0 Å². The van der Waals surface area contributed by atoms with Crippen LogP contribution < -0.4 is 9.64 Å². The Bertz CT molecular complexity index is 1110. The van der Waals surface area contributed by atoms with E-state index in [1.807, 2.05) is 16.7 Å². The van der Waals surface area contributed by atoms with Crippen molar-refractivity contribution in [3.05, 3.63) is 70.8 Å². The lowest BCUT2D eigenvalue weighted by molar-refractivity contribution is -0.116. The van der Waals surface area contributed by atoms with Crippen molar-refractivity contribution in [2.24, 2.45) is 0 Å². The first-order valence-corrected chi connectivity index (χ1v) is 18.0. The molecule has 0 N–H and O–H groups in total. The first kappa shape index (κ1) is 38.3. The van der Waals surface area contributed by atoms with Crippen LogP contribution in [0.15, 0.2) is 54.1 Å². The number of carbonyl (C=O) groups is 1. The second-order valence-electron chi connectivity index (χ2n) is 13.2. The maximum absolute atomic E-state index is 12.6. The molecule has 2 aromatic carbocycles. The number of unbranched alkanes of at least 4 members (excludes halogenated alkanes) is 11. The molecule has 6 heteroatoms. The van der Waals surface area contributed by atoms with Crippen molar-refractivity contribution in [2.45, 2.75) is 130 Å². The Kier molecular flexibility index (Phi) is 18.2. The lowest BCUT2D eigenvalue weighted by Gasteiger charge is -2.25. The largest absolute Gasteiger partial charge is 0.493 e. The van der Waals surface area contributed by atoms with Crippen molar-refractivity contribution in [3.8, 4) is 5.75 Å². The maximum atomic E-state index is 12.6. The summed E-state index contributed by atoms with van der Waals surface area (Å²) < 4.78 is 6.41. The Morgan fingerprint density at radius 2 is 1.45 bits per heavy atom. The van der Waals surface area contributed by atoms with E-state index in [-0.39, 0.29) is 28.3 Å². The lowest BCUT2D eigenvalue weighted by atomic mass is 9.85. The summed E-state index contributed by atoms with van der Waals surface area (Å²) in [6.45, 7) is 13.0. The molecule has 0 saturated heterocycles. The molecule has 0 saturated carbocycles. The molecule has 0 spiro atoms. The van der Waals surface area contributed by atoms with E-state index in [4.69, 9.17) is 4.74 Å². The van der Waals surface area contributed by atoms with Crippen LogP contribution >= 0.6 is 28.7 Å². The third kappa shape index (κ3) is 14.0. The van der Waals surface area contributed by atoms with Crippen LogP contribution in [0.4, 0.5) is 5.69 Å². The van der Waals surface area contributed by atoms with E-state index >= 15 is 0 Å². The average Bonchev–Trinajstić information content (AvgIpc) is 3.49. The van der Waals surface area contributed by atoms with Gasteiger partial charge in [-0.15, -0.1) is 28.7 Å². The van der Waals surface area contributed by atoms with Gasteiger partial charge in [0.25, 0.3) is 0 Å². The van der Waals surface area contributed by atoms with Crippen molar-refractivity contribution in [3.63, 3.8) is 0 Å². The smallest absolute Gasteiger partial charge is 0.223 e. The second-order valence-corrected chi connectivity index (χ2v) is 14.1. The fourth-order valence-corrected chi connectivity index (χ4v) is 6.43. The number of thioether (sulfide) groups is 1. The van der Waals surface area contributed by atoms with E-state index in [1.54, 1.807) is 6.92 Å². The first-order valence-electron chi connectivity index (χ1n) is 16.9. The van der Waals surface area contributed by atoms with Gasteiger partial charge in [-0.2, -0.15) is 0 Å². The van der Waals surface area contributed by atoms with Gasteiger partial charge in [0.1, 0.15) is 5.75 Å². The maximum Gasteiger partial charge on any atom is 0.223 e. The second kappa shape index (κ2) is 21.0. The Labute approximate surface area is 284 Å². The van der Waals surface area contributed by atoms with E-state index < -0.39 is 0 Å². The molecule has 4 nitrogen and oxygen atoms in total. The first-order chi connectivity index (χ1) is 20.8. The number of nitrogens with zero attached hydrogens (tertiary/aromatic N) is 2. The highest BCUT2D eigenvalue weighted by molar-refractivity contribution is 8.93. The Hall–Kier alpha value is -1.92. The zero-order valence-corrected chi connectivity index (χ0v) is 30.8. The summed E-state index contributed by atoms with van der Waals surface area (Å²) in [5.74, 6) is 2.07. The molecule has 246 valence electrons. The van der Waals surface area contributed by atoms with Crippen LogP contribution in [-0.2, 0) is 23.2 Å². The number of amides is 1. The fraction of sp³-hybridized carbons (Fsp3) is 0.605. The topological polar surface area (TPSA) is 32.8 Å². The zero-order valence-electron chi connectivity index (χ0n) is 28.2. The highest BCUT2D eigenvalue weighted by atomic mass is 79.9. The number of carbonyl (C=O) groups excluding carboxylic acids is 1. The molecular formula is C38H59BrN2O2S. The fourth-order valence-electron chi connectivity index (χ4n) is 5.72. The van der Waals surface area contributed by atoms with Gasteiger partial charge in [-0.05, 0) is 58.6 Å². The summed E-state index contributed by atoms with van der Waals surface area (Å²) in [7, 11) is 0. The van der Waals surface area contributed by atoms with Crippen molar-refractivity contribution >= 4 is 40.3 Å². The molecule has 3 rings (SSSR count). The SMILES string of the molecule is Br.CCCCCCCCCCCCCCOc1cc(CCN(C(C)=O)c2ccc(CN3C=CSC3)cc2)ccc1C(C)(C)C. The number of anilines is 1. The highest BCUT2D eigenvalue weighted by Crippen LogP contribution is 2.33. The van der Waals surface area contributed by atoms with E-state index in [0.29, 0.717) is 6.54 Å². The van der Waals surface area contributed by atoms with Crippen molar-refractivity contribution in [2.75, 3.05) is 23.9 Å². The Balaban J connectivity index is 0.00000675. The Morgan fingerprint density at radius 1 is 0.864 bits per heavy atom. The van der Waals surface area contributed by atoms with E-state index in [0.717, 1.165) is 43.3 Å². The van der Waals surface area contributed by atoms with Crippen molar-refractivity contribution < 1.29 is 9.53 Å². The third-order valence-corrected chi connectivity index (χ3v) is 9.15. The zero-order chi connectivity index (χ0) is 30.9. The molecule has 0 radical (unpaired) electrons. The third-order valence-electron chi connectivity index (χ3n) is 8.36. The highest BCUT2D eigenvalue weighted by Gasteiger charge is 2.20. The molecule has 1 aliphatic heterocycles.